The quantitative estimate of drug-likeness (QED) is 0.0261. The molecule has 6 heteroatoms. The van der Waals surface area contributed by atoms with Gasteiger partial charge in [-0.25, -0.2) is 0 Å². The van der Waals surface area contributed by atoms with Gasteiger partial charge in [0.2, 0.25) is 0 Å². The van der Waals surface area contributed by atoms with Gasteiger partial charge in [0.05, 0.1) is 0 Å². The molecule has 0 aromatic rings. The lowest BCUT2D eigenvalue weighted by Crippen LogP contribution is -2.30. The SMILES string of the molecule is CC/C=C\C/C=C\C/C=C\C/C=C\CCCCCCCCCCCCCCCCC(=O)OCC(COC(=O)CCCCCCC)OC(=O)CCCCCCCCCCCCCC/C=C\C/C=C\C/C=C\C/C=C\CC. The van der Waals surface area contributed by atoms with Gasteiger partial charge in [0.1, 0.15) is 13.2 Å². The zero-order valence-electron chi connectivity index (χ0n) is 49.3. The molecule has 1 atom stereocenters. The summed E-state index contributed by atoms with van der Waals surface area (Å²) in [5, 5.41) is 0. The third kappa shape index (κ3) is 61.1. The highest BCUT2D eigenvalue weighted by Crippen LogP contribution is 2.17. The van der Waals surface area contributed by atoms with Crippen LogP contribution in [0.25, 0.3) is 0 Å². The second-order valence-corrected chi connectivity index (χ2v) is 20.9. The number of ether oxygens (including phenoxy) is 3. The Kier molecular flexibility index (Phi) is 59.8. The number of rotatable bonds is 57. The first-order valence-electron chi connectivity index (χ1n) is 31.7. The van der Waals surface area contributed by atoms with Crippen molar-refractivity contribution in [3.05, 3.63) is 97.2 Å². The summed E-state index contributed by atoms with van der Waals surface area (Å²) < 4.78 is 16.8. The van der Waals surface area contributed by atoms with Gasteiger partial charge in [0.25, 0.3) is 0 Å². The predicted octanol–water partition coefficient (Wildman–Crippen LogP) is 21.7. The molecule has 0 aromatic heterocycles. The molecule has 0 aliphatic rings. The van der Waals surface area contributed by atoms with Crippen molar-refractivity contribution in [3.63, 3.8) is 0 Å². The molecule has 0 saturated heterocycles. The molecule has 0 aromatic carbocycles. The van der Waals surface area contributed by atoms with Crippen LogP contribution in [0.2, 0.25) is 0 Å². The summed E-state index contributed by atoms with van der Waals surface area (Å²) >= 11 is 0. The molecule has 0 bridgehead atoms. The van der Waals surface area contributed by atoms with E-state index in [1.807, 2.05) is 0 Å². The third-order valence-electron chi connectivity index (χ3n) is 13.6. The van der Waals surface area contributed by atoms with Crippen molar-refractivity contribution in [1.29, 1.82) is 0 Å². The minimum atomic E-state index is -0.775. The number of allylic oxidation sites excluding steroid dienone is 16. The molecule has 75 heavy (non-hydrogen) atoms. The zero-order valence-corrected chi connectivity index (χ0v) is 49.3. The molecule has 0 aliphatic carbocycles. The monoisotopic (exact) mass is 1040 g/mol. The van der Waals surface area contributed by atoms with Crippen LogP contribution in [0, 0.1) is 0 Å². The van der Waals surface area contributed by atoms with Gasteiger partial charge >= 0.3 is 17.9 Å². The highest BCUT2D eigenvalue weighted by molar-refractivity contribution is 5.71. The van der Waals surface area contributed by atoms with E-state index in [1.54, 1.807) is 0 Å². The zero-order chi connectivity index (χ0) is 54.3. The van der Waals surface area contributed by atoms with E-state index >= 15 is 0 Å². The Morgan fingerprint density at radius 2 is 0.520 bits per heavy atom. The lowest BCUT2D eigenvalue weighted by Gasteiger charge is -2.18. The molecule has 6 nitrogen and oxygen atoms in total. The molecule has 0 fully saturated rings. The second-order valence-electron chi connectivity index (χ2n) is 20.9. The molecular weight excluding hydrogens is 925 g/mol. The van der Waals surface area contributed by atoms with Crippen LogP contribution < -0.4 is 0 Å². The molecule has 0 saturated carbocycles. The largest absolute Gasteiger partial charge is 0.462 e. The summed E-state index contributed by atoms with van der Waals surface area (Å²) in [6.07, 6.45) is 84.6. The third-order valence-corrected chi connectivity index (χ3v) is 13.6. The van der Waals surface area contributed by atoms with E-state index in [1.165, 1.54) is 148 Å². The highest BCUT2D eigenvalue weighted by Gasteiger charge is 2.19. The number of hydrogen-bond acceptors (Lipinski definition) is 6. The van der Waals surface area contributed by atoms with Crippen molar-refractivity contribution >= 4 is 17.9 Å². The molecule has 1 unspecified atom stereocenters. The molecule has 0 aliphatic heterocycles. The van der Waals surface area contributed by atoms with E-state index in [2.05, 4.69) is 118 Å². The van der Waals surface area contributed by atoms with E-state index in [0.717, 1.165) is 116 Å². The Morgan fingerprint density at radius 1 is 0.280 bits per heavy atom. The number of carbonyl (C=O) groups excluding carboxylic acids is 3. The maximum atomic E-state index is 12.8. The van der Waals surface area contributed by atoms with Gasteiger partial charge in [-0.3, -0.25) is 14.4 Å². The van der Waals surface area contributed by atoms with E-state index in [-0.39, 0.29) is 31.1 Å². The van der Waals surface area contributed by atoms with Crippen molar-refractivity contribution in [2.75, 3.05) is 13.2 Å². The smallest absolute Gasteiger partial charge is 0.306 e. The summed E-state index contributed by atoms with van der Waals surface area (Å²) in [7, 11) is 0. The Labute approximate surface area is 464 Å². The van der Waals surface area contributed by atoms with Crippen LogP contribution in [0.15, 0.2) is 97.2 Å². The number of hydrogen-bond donors (Lipinski definition) is 0. The minimum absolute atomic E-state index is 0.0763. The average molecular weight is 1040 g/mol. The Hall–Kier alpha value is -3.67. The summed E-state index contributed by atoms with van der Waals surface area (Å²) in [5.41, 5.74) is 0. The minimum Gasteiger partial charge on any atom is -0.462 e. The van der Waals surface area contributed by atoms with Gasteiger partial charge in [-0.15, -0.1) is 0 Å². The Balaban J connectivity index is 4.03. The molecule has 0 rings (SSSR count). The summed E-state index contributed by atoms with van der Waals surface area (Å²) in [6.45, 7) is 6.35. The lowest BCUT2D eigenvalue weighted by molar-refractivity contribution is -0.167. The second kappa shape index (κ2) is 62.9. The van der Waals surface area contributed by atoms with Gasteiger partial charge in [0, 0.05) is 19.3 Å². The van der Waals surface area contributed by atoms with E-state index < -0.39 is 6.10 Å². The fourth-order valence-electron chi connectivity index (χ4n) is 8.90. The van der Waals surface area contributed by atoms with E-state index in [9.17, 15) is 14.4 Å². The first-order chi connectivity index (χ1) is 37.0. The fourth-order valence-corrected chi connectivity index (χ4v) is 8.90. The summed E-state index contributed by atoms with van der Waals surface area (Å²) in [6, 6.07) is 0. The Morgan fingerprint density at radius 3 is 0.813 bits per heavy atom. The first-order valence-corrected chi connectivity index (χ1v) is 31.7. The fraction of sp³-hybridized carbons (Fsp3) is 0.725. The van der Waals surface area contributed by atoms with Crippen molar-refractivity contribution in [1.82, 2.24) is 0 Å². The van der Waals surface area contributed by atoms with Crippen molar-refractivity contribution < 1.29 is 28.6 Å². The van der Waals surface area contributed by atoms with Crippen LogP contribution in [0.4, 0.5) is 0 Å². The van der Waals surface area contributed by atoms with Gasteiger partial charge in [0.15, 0.2) is 6.10 Å². The lowest BCUT2D eigenvalue weighted by atomic mass is 10.0. The molecule has 0 amide bonds. The molecule has 430 valence electrons. The number of esters is 3. The normalized spacial score (nSPS) is 12.7. The Bertz CT molecular complexity index is 1480. The average Bonchev–Trinajstić information content (AvgIpc) is 3.41. The number of carbonyl (C=O) groups is 3. The van der Waals surface area contributed by atoms with Crippen molar-refractivity contribution in [3.8, 4) is 0 Å². The topological polar surface area (TPSA) is 78.9 Å². The molecule has 0 spiro atoms. The number of unbranched alkanes of at least 4 members (excludes halogenated alkanes) is 30. The van der Waals surface area contributed by atoms with Crippen LogP contribution in [-0.4, -0.2) is 37.2 Å². The molecular formula is C69H118O6. The standard InChI is InChI=1S/C69H118O6/c1-4-7-10-13-15-17-19-21-23-25-27-29-31-33-34-36-37-39-41-43-45-47-49-51-53-56-59-62-68(71)74-65-66(64-73-67(70)61-58-55-12-9-6-3)75-69(72)63-60-57-54-52-50-48-46-44-42-40-38-35-32-30-28-26-24-22-20-18-16-14-11-8-5-2/h7-8,10-11,15-18,21-24,27-30,66H,4-6,9,12-14,19-20,25-26,31-65H2,1-3H3/b10-7-,11-8-,17-15-,18-16-,23-21-,24-22-,29-27-,30-28-. The van der Waals surface area contributed by atoms with Gasteiger partial charge < -0.3 is 14.2 Å². The van der Waals surface area contributed by atoms with E-state index in [4.69, 9.17) is 14.2 Å². The van der Waals surface area contributed by atoms with Gasteiger partial charge in [-0.2, -0.15) is 0 Å². The van der Waals surface area contributed by atoms with E-state index in [0.29, 0.717) is 19.3 Å². The van der Waals surface area contributed by atoms with Gasteiger partial charge in [-0.05, 0) is 96.3 Å². The first kappa shape index (κ1) is 71.3. The van der Waals surface area contributed by atoms with Crippen molar-refractivity contribution in [2.24, 2.45) is 0 Å². The maximum absolute atomic E-state index is 12.8. The van der Waals surface area contributed by atoms with Crippen LogP contribution in [0.1, 0.15) is 303 Å². The maximum Gasteiger partial charge on any atom is 0.306 e. The molecule has 0 radical (unpaired) electrons. The molecule has 0 N–H and O–H groups in total. The van der Waals surface area contributed by atoms with Crippen LogP contribution >= 0.6 is 0 Å². The summed E-state index contributed by atoms with van der Waals surface area (Å²) in [5.74, 6) is -0.884. The van der Waals surface area contributed by atoms with Crippen LogP contribution in [0.5, 0.6) is 0 Å². The predicted molar refractivity (Wildman–Crippen MR) is 325 cm³/mol. The highest BCUT2D eigenvalue weighted by atomic mass is 16.6. The van der Waals surface area contributed by atoms with Crippen LogP contribution in [-0.2, 0) is 28.6 Å². The summed E-state index contributed by atoms with van der Waals surface area (Å²) in [4.78, 5) is 37.9. The molecule has 0 heterocycles. The van der Waals surface area contributed by atoms with Crippen LogP contribution in [0.3, 0.4) is 0 Å². The van der Waals surface area contributed by atoms with Crippen molar-refractivity contribution in [2.45, 2.75) is 309 Å². The van der Waals surface area contributed by atoms with Gasteiger partial charge in [-0.1, -0.05) is 285 Å².